The molecule has 2 aromatic carbocycles. The fourth-order valence-electron chi connectivity index (χ4n) is 3.52. The molecule has 0 N–H and O–H groups in total. The molecule has 0 fully saturated rings. The minimum Gasteiger partial charge on any atom is -0.457 e. The number of thiophene rings is 1. The van der Waals surface area contributed by atoms with Gasteiger partial charge in [0.25, 0.3) is 0 Å². The van der Waals surface area contributed by atoms with Gasteiger partial charge in [0.1, 0.15) is 0 Å². The Morgan fingerprint density at radius 2 is 1.16 bits per heavy atom. The van der Waals surface area contributed by atoms with E-state index >= 15 is 0 Å². The van der Waals surface area contributed by atoms with E-state index < -0.39 is 0 Å². The largest absolute Gasteiger partial charge is 0.457 e. The van der Waals surface area contributed by atoms with Gasteiger partial charge in [-0.1, -0.05) is 50.2 Å². The molecule has 0 spiro atoms. The summed E-state index contributed by atoms with van der Waals surface area (Å²) in [6, 6.07) is 20.5. The van der Waals surface area contributed by atoms with Crippen molar-refractivity contribution in [2.45, 2.75) is 24.7 Å². The molecule has 3 aromatic rings. The van der Waals surface area contributed by atoms with Crippen LogP contribution in [-0.4, -0.2) is 23.3 Å². The number of fused-ring (bicyclic) bond motifs is 2. The number of benzene rings is 2. The van der Waals surface area contributed by atoms with Gasteiger partial charge in [-0.25, -0.2) is 9.98 Å². The first-order chi connectivity index (χ1) is 15.3. The zero-order chi connectivity index (χ0) is 21.2. The number of para-hydroxylation sites is 2. The van der Waals surface area contributed by atoms with Gasteiger partial charge in [-0.15, -0.1) is 34.9 Å². The predicted octanol–water partition coefficient (Wildman–Crippen LogP) is 7.47. The van der Waals surface area contributed by atoms with Crippen LogP contribution in [-0.2, 0) is 9.47 Å². The molecule has 5 rings (SSSR count). The summed E-state index contributed by atoms with van der Waals surface area (Å²) in [6.45, 7) is 4.29. The average molecular weight is 467 g/mol. The average Bonchev–Trinajstić information content (AvgIpc) is 3.30. The topological polar surface area (TPSA) is 43.2 Å². The van der Waals surface area contributed by atoms with Crippen LogP contribution in [0.3, 0.4) is 0 Å². The monoisotopic (exact) mass is 466 g/mol. The number of hydrogen-bond acceptors (Lipinski definition) is 7. The molecule has 0 bridgehead atoms. The van der Waals surface area contributed by atoms with Gasteiger partial charge in [0, 0.05) is 11.1 Å². The minimum atomic E-state index is -0.0419. The van der Waals surface area contributed by atoms with Gasteiger partial charge >= 0.3 is 0 Å². The van der Waals surface area contributed by atoms with E-state index in [9.17, 15) is 0 Å². The normalized spacial score (nSPS) is 19.4. The molecule has 0 saturated heterocycles. The van der Waals surface area contributed by atoms with Crippen LogP contribution in [0.4, 0.5) is 11.4 Å². The number of nitrogens with zero attached hydrogens (tertiary/aromatic N) is 2. The summed E-state index contributed by atoms with van der Waals surface area (Å²) in [7, 11) is 0. The summed E-state index contributed by atoms with van der Waals surface area (Å²) in [4.78, 5) is 11.6. The fraction of sp³-hybridized carbons (Fsp3) is 0.250. The van der Waals surface area contributed by atoms with Crippen LogP contribution in [0.25, 0.3) is 0 Å². The molecule has 0 amide bonds. The second-order valence-electron chi connectivity index (χ2n) is 6.93. The molecule has 0 aliphatic carbocycles. The van der Waals surface area contributed by atoms with Crippen LogP contribution in [0.1, 0.15) is 45.6 Å². The van der Waals surface area contributed by atoms with Gasteiger partial charge < -0.3 is 9.47 Å². The summed E-state index contributed by atoms with van der Waals surface area (Å²) < 4.78 is 12.6. The van der Waals surface area contributed by atoms with Crippen LogP contribution in [0, 0.1) is 0 Å². The molecule has 158 valence electrons. The van der Waals surface area contributed by atoms with E-state index in [0.717, 1.165) is 43.8 Å². The third kappa shape index (κ3) is 4.14. The zero-order valence-electron chi connectivity index (χ0n) is 17.3. The second kappa shape index (κ2) is 9.10. The highest BCUT2D eigenvalue weighted by atomic mass is 32.2. The van der Waals surface area contributed by atoms with E-state index in [1.807, 2.05) is 36.4 Å². The standard InChI is InChI=1S/C24H22N2O2S3/c1-3-29-23-15-9-5-7-11-17(15)25-21(27-23)19-13-14-20(31-19)22-26-18-12-8-6-10-16(18)24(28-22)30-4-2/h5-14,23-24H,3-4H2,1-2H3. The summed E-state index contributed by atoms with van der Waals surface area (Å²) >= 11 is 5.16. The maximum absolute atomic E-state index is 6.29. The summed E-state index contributed by atoms with van der Waals surface area (Å²) in [5, 5.41) is 0. The van der Waals surface area contributed by atoms with Gasteiger partial charge in [0.2, 0.25) is 11.8 Å². The van der Waals surface area contributed by atoms with Crippen molar-refractivity contribution >= 4 is 58.0 Å². The number of ether oxygens (including phenoxy) is 2. The number of hydrogen-bond donors (Lipinski definition) is 0. The third-order valence-corrected chi connectivity index (χ3v) is 7.96. The first-order valence-corrected chi connectivity index (χ1v) is 13.2. The van der Waals surface area contributed by atoms with Crippen LogP contribution in [0.2, 0.25) is 0 Å². The maximum Gasteiger partial charge on any atom is 0.233 e. The molecule has 2 atom stereocenters. The highest BCUT2D eigenvalue weighted by Gasteiger charge is 2.28. The minimum absolute atomic E-state index is 0.0419. The van der Waals surface area contributed by atoms with Crippen molar-refractivity contribution in [3.63, 3.8) is 0 Å². The Labute approximate surface area is 194 Å². The number of aliphatic imine (C=N–C) groups is 2. The van der Waals surface area contributed by atoms with E-state index in [0.29, 0.717) is 11.8 Å². The lowest BCUT2D eigenvalue weighted by molar-refractivity contribution is 0.278. The molecule has 2 aliphatic rings. The van der Waals surface area contributed by atoms with Crippen molar-refractivity contribution in [3.8, 4) is 0 Å². The van der Waals surface area contributed by atoms with Gasteiger partial charge in [-0.3, -0.25) is 0 Å². The predicted molar refractivity (Wildman–Crippen MR) is 134 cm³/mol. The van der Waals surface area contributed by atoms with Crippen LogP contribution >= 0.6 is 34.9 Å². The summed E-state index contributed by atoms with van der Waals surface area (Å²) in [5.41, 5.74) is 4.13. The Kier molecular flexibility index (Phi) is 6.07. The maximum atomic E-state index is 6.29. The van der Waals surface area contributed by atoms with Crippen LogP contribution in [0.5, 0.6) is 0 Å². The van der Waals surface area contributed by atoms with E-state index in [-0.39, 0.29) is 10.9 Å². The van der Waals surface area contributed by atoms with Crippen LogP contribution < -0.4 is 0 Å². The van der Waals surface area contributed by atoms with Crippen molar-refractivity contribution in [1.82, 2.24) is 0 Å². The van der Waals surface area contributed by atoms with Gasteiger partial charge in [0.15, 0.2) is 10.9 Å². The Bertz CT molecular complexity index is 1070. The molecule has 0 saturated carbocycles. The quantitative estimate of drug-likeness (QED) is 0.378. The van der Waals surface area contributed by atoms with E-state index in [1.165, 1.54) is 0 Å². The lowest BCUT2D eigenvalue weighted by atomic mass is 10.1. The Hall–Kier alpha value is -2.22. The zero-order valence-corrected chi connectivity index (χ0v) is 19.7. The van der Waals surface area contributed by atoms with Gasteiger partial charge in [0.05, 0.1) is 21.1 Å². The van der Waals surface area contributed by atoms with Crippen molar-refractivity contribution < 1.29 is 9.47 Å². The Morgan fingerprint density at radius 3 is 1.61 bits per heavy atom. The lowest BCUT2D eigenvalue weighted by Crippen LogP contribution is -2.15. The van der Waals surface area contributed by atoms with Crippen molar-refractivity contribution in [3.05, 3.63) is 81.5 Å². The molecule has 1 aromatic heterocycles. The van der Waals surface area contributed by atoms with Gasteiger partial charge in [-0.2, -0.15) is 0 Å². The first-order valence-electron chi connectivity index (χ1n) is 10.3. The van der Waals surface area contributed by atoms with Crippen LogP contribution in [0.15, 0.2) is 70.6 Å². The van der Waals surface area contributed by atoms with Crippen molar-refractivity contribution in [2.24, 2.45) is 9.98 Å². The number of thioether (sulfide) groups is 2. The number of rotatable bonds is 6. The van der Waals surface area contributed by atoms with Crippen molar-refractivity contribution in [2.75, 3.05) is 11.5 Å². The third-order valence-electron chi connectivity index (χ3n) is 4.93. The smallest absolute Gasteiger partial charge is 0.233 e. The SMILES string of the molecule is CCSC1OC(c2ccc(C3=Nc4ccccc4C(SCC)O3)s2)=Nc2ccccc21. The van der Waals surface area contributed by atoms with E-state index in [4.69, 9.17) is 19.5 Å². The molecule has 0 radical (unpaired) electrons. The summed E-state index contributed by atoms with van der Waals surface area (Å²) in [6.07, 6.45) is 0. The second-order valence-corrected chi connectivity index (χ2v) is 10.7. The Balaban J connectivity index is 1.47. The highest BCUT2D eigenvalue weighted by Crippen LogP contribution is 2.43. The molecule has 2 aliphatic heterocycles. The molecule has 31 heavy (non-hydrogen) atoms. The van der Waals surface area contributed by atoms with E-state index in [2.05, 4.69) is 38.1 Å². The van der Waals surface area contributed by atoms with Gasteiger partial charge in [-0.05, 0) is 35.8 Å². The van der Waals surface area contributed by atoms with Crippen molar-refractivity contribution in [1.29, 1.82) is 0 Å². The summed E-state index contributed by atoms with van der Waals surface area (Å²) in [5.74, 6) is 3.28. The Morgan fingerprint density at radius 1 is 0.710 bits per heavy atom. The molecule has 2 unspecified atom stereocenters. The molecular formula is C24H22N2O2S3. The van der Waals surface area contributed by atoms with E-state index in [1.54, 1.807) is 34.9 Å². The molecule has 4 nitrogen and oxygen atoms in total. The first kappa shape index (κ1) is 20.7. The lowest BCUT2D eigenvalue weighted by Gasteiger charge is -2.25. The highest BCUT2D eigenvalue weighted by molar-refractivity contribution is 7.99. The fourth-order valence-corrected chi connectivity index (χ4v) is 6.08. The molecule has 7 heteroatoms. The molecular weight excluding hydrogens is 444 g/mol. The molecule has 3 heterocycles.